The molecule has 3 nitrogen and oxygen atoms in total. The zero-order valence-electron chi connectivity index (χ0n) is 12.6. The van der Waals surface area contributed by atoms with E-state index in [1.807, 2.05) is 24.0 Å². The summed E-state index contributed by atoms with van der Waals surface area (Å²) in [4.78, 5) is 15.4. The smallest absolute Gasteiger partial charge is 0.223 e. The summed E-state index contributed by atoms with van der Waals surface area (Å²) in [6.45, 7) is 8.27. The fourth-order valence-corrected chi connectivity index (χ4v) is 3.41. The quantitative estimate of drug-likeness (QED) is 0.793. The highest BCUT2D eigenvalue weighted by Crippen LogP contribution is 2.23. The van der Waals surface area contributed by atoms with Crippen LogP contribution in [0.5, 0.6) is 0 Å². The summed E-state index contributed by atoms with van der Waals surface area (Å²) in [6, 6.07) is 3.86. The Labute approximate surface area is 131 Å². The highest BCUT2D eigenvalue weighted by molar-refractivity contribution is 7.16. The van der Waals surface area contributed by atoms with Gasteiger partial charge in [0.2, 0.25) is 5.91 Å². The third kappa shape index (κ3) is 5.81. The number of carbonyl (C=O) groups is 1. The van der Waals surface area contributed by atoms with Crippen molar-refractivity contribution in [1.29, 1.82) is 0 Å². The summed E-state index contributed by atoms with van der Waals surface area (Å²) in [5, 5.41) is 0. The van der Waals surface area contributed by atoms with Gasteiger partial charge in [0.25, 0.3) is 0 Å². The maximum Gasteiger partial charge on any atom is 0.223 e. The van der Waals surface area contributed by atoms with Gasteiger partial charge in [-0.3, -0.25) is 4.79 Å². The molecule has 0 saturated carbocycles. The van der Waals surface area contributed by atoms with E-state index < -0.39 is 0 Å². The third-order valence-electron chi connectivity index (χ3n) is 3.31. The summed E-state index contributed by atoms with van der Waals surface area (Å²) in [5.74, 6) is 1.04. The lowest BCUT2D eigenvalue weighted by Gasteiger charge is -2.24. The molecule has 1 unspecified atom stereocenters. The molecule has 1 amide bonds. The van der Waals surface area contributed by atoms with E-state index in [1.54, 1.807) is 0 Å². The molecule has 0 aliphatic rings. The normalized spacial score (nSPS) is 12.7. The lowest BCUT2D eigenvalue weighted by molar-refractivity contribution is -0.132. The molecule has 0 radical (unpaired) electrons. The molecule has 0 saturated heterocycles. The Morgan fingerprint density at radius 2 is 2.15 bits per heavy atom. The van der Waals surface area contributed by atoms with E-state index in [1.165, 1.54) is 11.3 Å². The van der Waals surface area contributed by atoms with Crippen LogP contribution in [0.4, 0.5) is 0 Å². The van der Waals surface area contributed by atoms with E-state index in [0.717, 1.165) is 15.6 Å². The molecular weight excluding hydrogens is 292 g/mol. The summed E-state index contributed by atoms with van der Waals surface area (Å²) in [7, 11) is 0. The van der Waals surface area contributed by atoms with Crippen LogP contribution in [0.25, 0.3) is 0 Å². The topological polar surface area (TPSA) is 46.3 Å². The van der Waals surface area contributed by atoms with Crippen LogP contribution in [-0.4, -0.2) is 23.9 Å². The van der Waals surface area contributed by atoms with Gasteiger partial charge in [-0.1, -0.05) is 25.4 Å². The van der Waals surface area contributed by atoms with Crippen molar-refractivity contribution < 1.29 is 4.79 Å². The number of hydrogen-bond donors (Lipinski definition) is 1. The Morgan fingerprint density at radius 1 is 1.45 bits per heavy atom. The van der Waals surface area contributed by atoms with Crippen molar-refractivity contribution in [2.75, 3.05) is 13.1 Å². The molecule has 0 fully saturated rings. The van der Waals surface area contributed by atoms with Gasteiger partial charge in [0.1, 0.15) is 0 Å². The van der Waals surface area contributed by atoms with Crippen LogP contribution in [0.15, 0.2) is 12.1 Å². The van der Waals surface area contributed by atoms with Crippen molar-refractivity contribution in [2.24, 2.45) is 17.6 Å². The van der Waals surface area contributed by atoms with Crippen molar-refractivity contribution in [1.82, 2.24) is 4.90 Å². The van der Waals surface area contributed by atoms with Crippen LogP contribution in [0.1, 0.15) is 38.5 Å². The summed E-state index contributed by atoms with van der Waals surface area (Å²) >= 11 is 7.46. The Morgan fingerprint density at radius 3 is 2.60 bits per heavy atom. The van der Waals surface area contributed by atoms with Crippen molar-refractivity contribution >= 4 is 28.8 Å². The first-order valence-electron chi connectivity index (χ1n) is 7.18. The molecule has 1 rings (SSSR count). The number of rotatable bonds is 8. The van der Waals surface area contributed by atoms with Crippen molar-refractivity contribution in [3.05, 3.63) is 21.3 Å². The lowest BCUT2D eigenvalue weighted by atomic mass is 9.94. The predicted molar refractivity (Wildman–Crippen MR) is 87.0 cm³/mol. The van der Waals surface area contributed by atoms with Crippen LogP contribution in [0.2, 0.25) is 4.34 Å². The SMILES string of the molecule is CCN(Cc1ccc(Cl)s1)C(=O)CC(CN)CC(C)C. The number of nitrogens with zero attached hydrogens (tertiary/aromatic N) is 1. The summed E-state index contributed by atoms with van der Waals surface area (Å²) < 4.78 is 0.767. The number of amides is 1. The second-order valence-corrected chi connectivity index (χ2v) is 7.35. The third-order valence-corrected chi connectivity index (χ3v) is 4.53. The van der Waals surface area contributed by atoms with Gasteiger partial charge in [-0.15, -0.1) is 11.3 Å². The molecule has 114 valence electrons. The number of halogens is 1. The van der Waals surface area contributed by atoms with E-state index in [9.17, 15) is 4.79 Å². The summed E-state index contributed by atoms with van der Waals surface area (Å²) in [6.07, 6.45) is 1.55. The molecule has 0 spiro atoms. The average Bonchev–Trinajstić information content (AvgIpc) is 2.79. The van der Waals surface area contributed by atoms with Gasteiger partial charge in [0.15, 0.2) is 0 Å². The Kier molecular flexibility index (Phi) is 7.56. The fourth-order valence-electron chi connectivity index (χ4n) is 2.31. The number of hydrogen-bond acceptors (Lipinski definition) is 3. The molecule has 0 aromatic carbocycles. The van der Waals surface area contributed by atoms with Gasteiger partial charge in [0, 0.05) is 17.8 Å². The number of carbonyl (C=O) groups excluding carboxylic acids is 1. The minimum absolute atomic E-state index is 0.188. The number of nitrogens with two attached hydrogens (primary N) is 1. The van der Waals surface area contributed by atoms with Crippen LogP contribution < -0.4 is 5.73 Å². The van der Waals surface area contributed by atoms with Crippen LogP contribution in [-0.2, 0) is 11.3 Å². The van der Waals surface area contributed by atoms with Gasteiger partial charge in [-0.25, -0.2) is 0 Å². The van der Waals surface area contributed by atoms with Crippen molar-refractivity contribution in [3.8, 4) is 0 Å². The molecule has 0 bridgehead atoms. The Bertz CT molecular complexity index is 420. The van der Waals surface area contributed by atoms with Gasteiger partial charge in [-0.2, -0.15) is 0 Å². The van der Waals surface area contributed by atoms with Gasteiger partial charge < -0.3 is 10.6 Å². The molecule has 1 aromatic heterocycles. The molecule has 0 aliphatic carbocycles. The first-order valence-corrected chi connectivity index (χ1v) is 8.37. The second-order valence-electron chi connectivity index (χ2n) is 5.55. The molecule has 1 atom stereocenters. The van der Waals surface area contributed by atoms with Gasteiger partial charge >= 0.3 is 0 Å². The van der Waals surface area contributed by atoms with Crippen LogP contribution in [0.3, 0.4) is 0 Å². The fraction of sp³-hybridized carbons (Fsp3) is 0.667. The van der Waals surface area contributed by atoms with Crippen molar-refractivity contribution in [2.45, 2.75) is 40.2 Å². The lowest BCUT2D eigenvalue weighted by Crippen LogP contribution is -2.33. The monoisotopic (exact) mass is 316 g/mol. The zero-order chi connectivity index (χ0) is 15.1. The van der Waals surface area contributed by atoms with Crippen LogP contribution >= 0.6 is 22.9 Å². The molecule has 20 heavy (non-hydrogen) atoms. The maximum atomic E-state index is 12.4. The molecule has 2 N–H and O–H groups in total. The first-order chi connectivity index (χ1) is 9.46. The van der Waals surface area contributed by atoms with Gasteiger partial charge in [-0.05, 0) is 43.9 Å². The Balaban J connectivity index is 2.57. The Hall–Kier alpha value is -0.580. The highest BCUT2D eigenvalue weighted by Gasteiger charge is 2.19. The van der Waals surface area contributed by atoms with E-state index >= 15 is 0 Å². The van der Waals surface area contributed by atoms with E-state index in [4.69, 9.17) is 17.3 Å². The number of thiophene rings is 1. The highest BCUT2D eigenvalue weighted by atomic mass is 35.5. The predicted octanol–water partition coefficient (Wildman–Crippen LogP) is 3.76. The molecule has 5 heteroatoms. The molecule has 1 heterocycles. The summed E-state index contributed by atoms with van der Waals surface area (Å²) in [5.41, 5.74) is 5.78. The minimum Gasteiger partial charge on any atom is -0.338 e. The molecule has 0 aliphatic heterocycles. The average molecular weight is 317 g/mol. The van der Waals surface area contributed by atoms with E-state index in [2.05, 4.69) is 13.8 Å². The minimum atomic E-state index is 0.188. The maximum absolute atomic E-state index is 12.4. The molecular formula is C15H25ClN2OS. The van der Waals surface area contributed by atoms with E-state index in [-0.39, 0.29) is 11.8 Å². The first kappa shape index (κ1) is 17.5. The second kappa shape index (κ2) is 8.65. The standard InChI is InChI=1S/C15H25ClN2OS/c1-4-18(10-13-5-6-14(16)20-13)15(19)8-12(9-17)7-11(2)3/h5-6,11-12H,4,7-10,17H2,1-3H3. The zero-order valence-corrected chi connectivity index (χ0v) is 14.1. The largest absolute Gasteiger partial charge is 0.338 e. The van der Waals surface area contributed by atoms with Crippen molar-refractivity contribution in [3.63, 3.8) is 0 Å². The van der Waals surface area contributed by atoms with E-state index in [0.29, 0.717) is 32.0 Å². The van der Waals surface area contributed by atoms with Crippen LogP contribution in [0, 0.1) is 11.8 Å². The van der Waals surface area contributed by atoms with Gasteiger partial charge in [0.05, 0.1) is 10.9 Å². The molecule has 1 aromatic rings.